The standard InChI is InChI=1S/C49H45N/c1-33-8-19-39(20-9-33)45(40-21-10-34(2)11-22-40)30-37-16-27-43(28-17-37)50-48-7-5-6-44(48)47-32-38(18-29-49(47)50)31-46(41-23-12-35(3)13-24-41)42-25-14-36(4)15-26-42/h8-32,44,48H,5-7H2,1-4H3. The second-order valence-corrected chi connectivity index (χ2v) is 14.5. The summed E-state index contributed by atoms with van der Waals surface area (Å²) >= 11 is 0. The molecule has 0 amide bonds. The summed E-state index contributed by atoms with van der Waals surface area (Å²) in [5.41, 5.74) is 19.2. The summed E-state index contributed by atoms with van der Waals surface area (Å²) in [6, 6.07) is 52.6. The number of anilines is 2. The quantitative estimate of drug-likeness (QED) is 0.156. The van der Waals surface area contributed by atoms with Crippen molar-refractivity contribution < 1.29 is 0 Å². The fourth-order valence-electron chi connectivity index (χ4n) is 7.96. The molecule has 1 saturated carbocycles. The Morgan fingerprint density at radius 2 is 0.900 bits per heavy atom. The van der Waals surface area contributed by atoms with Crippen molar-refractivity contribution in [2.75, 3.05) is 4.90 Å². The molecule has 8 rings (SSSR count). The van der Waals surface area contributed by atoms with E-state index < -0.39 is 0 Å². The van der Waals surface area contributed by atoms with Crippen molar-refractivity contribution in [1.29, 1.82) is 0 Å². The van der Waals surface area contributed by atoms with Gasteiger partial charge in [0.05, 0.1) is 0 Å². The second-order valence-electron chi connectivity index (χ2n) is 14.5. The predicted octanol–water partition coefficient (Wildman–Crippen LogP) is 12.9. The molecular weight excluding hydrogens is 603 g/mol. The van der Waals surface area contributed by atoms with Crippen LogP contribution in [0.25, 0.3) is 23.3 Å². The SMILES string of the molecule is Cc1ccc(C(=Cc2ccc(N3c4ccc(C=C(c5ccc(C)cc5)c5ccc(C)cc5)cc4C4CCCC43)cc2)c2ccc(C)cc2)cc1. The highest BCUT2D eigenvalue weighted by molar-refractivity contribution is 5.93. The van der Waals surface area contributed by atoms with E-state index in [1.54, 1.807) is 0 Å². The van der Waals surface area contributed by atoms with E-state index in [0.717, 1.165) is 0 Å². The molecule has 6 aromatic rings. The molecule has 0 spiro atoms. The van der Waals surface area contributed by atoms with Crippen LogP contribution in [0.15, 0.2) is 140 Å². The molecule has 1 nitrogen and oxygen atoms in total. The largest absolute Gasteiger partial charge is 0.338 e. The molecule has 50 heavy (non-hydrogen) atoms. The molecule has 2 atom stereocenters. The Labute approximate surface area is 298 Å². The molecule has 2 aliphatic rings. The van der Waals surface area contributed by atoms with Crippen molar-refractivity contribution in [2.45, 2.75) is 58.9 Å². The van der Waals surface area contributed by atoms with Crippen LogP contribution >= 0.6 is 0 Å². The zero-order valence-corrected chi connectivity index (χ0v) is 29.7. The van der Waals surface area contributed by atoms with E-state index in [-0.39, 0.29) is 0 Å². The Morgan fingerprint density at radius 1 is 0.480 bits per heavy atom. The molecule has 1 heterocycles. The summed E-state index contributed by atoms with van der Waals surface area (Å²) in [7, 11) is 0. The Kier molecular flexibility index (Phi) is 8.59. The smallest absolute Gasteiger partial charge is 0.0450 e. The molecule has 0 radical (unpaired) electrons. The molecule has 1 aliphatic carbocycles. The first kappa shape index (κ1) is 31.8. The zero-order chi connectivity index (χ0) is 34.2. The molecule has 246 valence electrons. The highest BCUT2D eigenvalue weighted by Crippen LogP contribution is 2.52. The molecule has 1 aliphatic heterocycles. The van der Waals surface area contributed by atoms with Crippen LogP contribution in [0.4, 0.5) is 11.4 Å². The van der Waals surface area contributed by atoms with Crippen molar-refractivity contribution in [1.82, 2.24) is 0 Å². The van der Waals surface area contributed by atoms with Crippen LogP contribution in [-0.2, 0) is 0 Å². The number of benzene rings is 6. The average Bonchev–Trinajstić information content (AvgIpc) is 3.73. The molecule has 6 aromatic carbocycles. The Bertz CT molecular complexity index is 2080. The van der Waals surface area contributed by atoms with Gasteiger partial charge in [0.2, 0.25) is 0 Å². The number of rotatable bonds is 7. The first-order chi connectivity index (χ1) is 24.4. The van der Waals surface area contributed by atoms with Gasteiger partial charge in [-0.15, -0.1) is 0 Å². The molecule has 0 saturated heterocycles. The van der Waals surface area contributed by atoms with Crippen molar-refractivity contribution >= 4 is 34.7 Å². The van der Waals surface area contributed by atoms with E-state index in [4.69, 9.17) is 0 Å². The van der Waals surface area contributed by atoms with Gasteiger partial charge in [0, 0.05) is 23.3 Å². The second kappa shape index (κ2) is 13.5. The third kappa shape index (κ3) is 6.37. The first-order valence-electron chi connectivity index (χ1n) is 18.1. The van der Waals surface area contributed by atoms with Crippen LogP contribution < -0.4 is 4.90 Å². The first-order valence-corrected chi connectivity index (χ1v) is 18.1. The minimum Gasteiger partial charge on any atom is -0.338 e. The van der Waals surface area contributed by atoms with Gasteiger partial charge in [0.15, 0.2) is 0 Å². The molecule has 2 unspecified atom stereocenters. The van der Waals surface area contributed by atoms with Crippen LogP contribution in [0.5, 0.6) is 0 Å². The fraction of sp³-hybridized carbons (Fsp3) is 0.184. The van der Waals surface area contributed by atoms with E-state index in [2.05, 4.69) is 184 Å². The lowest BCUT2D eigenvalue weighted by Crippen LogP contribution is -2.26. The maximum absolute atomic E-state index is 2.63. The van der Waals surface area contributed by atoms with Crippen LogP contribution in [0.2, 0.25) is 0 Å². The van der Waals surface area contributed by atoms with E-state index in [0.29, 0.717) is 12.0 Å². The van der Waals surface area contributed by atoms with Gasteiger partial charge < -0.3 is 4.90 Å². The Morgan fingerprint density at radius 3 is 1.36 bits per heavy atom. The van der Waals surface area contributed by atoms with E-state index in [1.807, 2.05) is 0 Å². The minimum absolute atomic E-state index is 0.509. The van der Waals surface area contributed by atoms with Crippen molar-refractivity contribution in [3.8, 4) is 0 Å². The lowest BCUT2D eigenvalue weighted by atomic mass is 9.92. The van der Waals surface area contributed by atoms with Crippen LogP contribution in [0.3, 0.4) is 0 Å². The summed E-state index contributed by atoms with van der Waals surface area (Å²) in [6.07, 6.45) is 8.49. The highest BCUT2D eigenvalue weighted by atomic mass is 15.2. The Balaban J connectivity index is 1.14. The van der Waals surface area contributed by atoms with Gasteiger partial charge in [0.1, 0.15) is 0 Å². The highest BCUT2D eigenvalue weighted by Gasteiger charge is 2.42. The number of aryl methyl sites for hydroxylation is 4. The summed E-state index contributed by atoms with van der Waals surface area (Å²) in [6.45, 7) is 8.60. The van der Waals surface area contributed by atoms with Crippen LogP contribution in [0.1, 0.15) is 86.4 Å². The molecule has 1 heteroatoms. The summed E-state index contributed by atoms with van der Waals surface area (Å²) in [5.74, 6) is 0.565. The van der Waals surface area contributed by atoms with Crippen LogP contribution in [-0.4, -0.2) is 6.04 Å². The maximum Gasteiger partial charge on any atom is 0.0450 e. The third-order valence-electron chi connectivity index (χ3n) is 10.8. The van der Waals surface area contributed by atoms with Gasteiger partial charge in [-0.3, -0.25) is 0 Å². The predicted molar refractivity (Wildman–Crippen MR) is 214 cm³/mol. The third-order valence-corrected chi connectivity index (χ3v) is 10.8. The van der Waals surface area contributed by atoms with E-state index >= 15 is 0 Å². The number of hydrogen-bond acceptors (Lipinski definition) is 1. The number of nitrogens with zero attached hydrogens (tertiary/aromatic N) is 1. The van der Waals surface area contributed by atoms with Gasteiger partial charge in [-0.2, -0.15) is 0 Å². The average molecular weight is 648 g/mol. The van der Waals surface area contributed by atoms with E-state index in [9.17, 15) is 0 Å². The van der Waals surface area contributed by atoms with Crippen molar-refractivity contribution in [2.24, 2.45) is 0 Å². The van der Waals surface area contributed by atoms with Crippen LogP contribution in [0, 0.1) is 27.7 Å². The van der Waals surface area contributed by atoms with Gasteiger partial charge in [-0.25, -0.2) is 0 Å². The summed E-state index contributed by atoms with van der Waals surface area (Å²) in [5, 5.41) is 0. The molecule has 0 N–H and O–H groups in total. The monoisotopic (exact) mass is 647 g/mol. The molecule has 1 fully saturated rings. The van der Waals surface area contributed by atoms with Gasteiger partial charge in [-0.1, -0.05) is 144 Å². The number of fused-ring (bicyclic) bond motifs is 3. The lowest BCUT2D eigenvalue weighted by molar-refractivity contribution is 0.642. The van der Waals surface area contributed by atoms with Crippen molar-refractivity contribution in [3.63, 3.8) is 0 Å². The normalized spacial score (nSPS) is 16.1. The maximum atomic E-state index is 2.63. The summed E-state index contributed by atoms with van der Waals surface area (Å²) < 4.78 is 0. The van der Waals surface area contributed by atoms with Crippen molar-refractivity contribution in [3.05, 3.63) is 201 Å². The molecule has 0 aromatic heterocycles. The van der Waals surface area contributed by atoms with Gasteiger partial charge in [-0.05, 0) is 127 Å². The zero-order valence-electron chi connectivity index (χ0n) is 29.7. The molecular formula is C49H45N. The van der Waals surface area contributed by atoms with Gasteiger partial charge in [0.25, 0.3) is 0 Å². The number of hydrogen-bond donors (Lipinski definition) is 0. The topological polar surface area (TPSA) is 3.24 Å². The fourth-order valence-corrected chi connectivity index (χ4v) is 7.96. The van der Waals surface area contributed by atoms with E-state index in [1.165, 1.54) is 103 Å². The minimum atomic E-state index is 0.509. The lowest BCUT2D eigenvalue weighted by Gasteiger charge is -2.27. The Hall–Kier alpha value is -5.40. The molecule has 0 bridgehead atoms. The van der Waals surface area contributed by atoms with Gasteiger partial charge >= 0.3 is 0 Å². The summed E-state index contributed by atoms with van der Waals surface area (Å²) in [4.78, 5) is 2.63.